The summed E-state index contributed by atoms with van der Waals surface area (Å²) in [7, 11) is 0. The number of rotatable bonds is 11. The van der Waals surface area contributed by atoms with Gasteiger partial charge in [-0.25, -0.2) is 0 Å². The first-order chi connectivity index (χ1) is 15.4. The van der Waals surface area contributed by atoms with E-state index in [0.29, 0.717) is 0 Å². The van der Waals surface area contributed by atoms with Crippen LogP contribution in [-0.4, -0.2) is 18.0 Å². The second-order valence-electron chi connectivity index (χ2n) is 8.38. The number of hydrogen-bond donors (Lipinski definition) is 4. The SMILES string of the molecule is CC(CNCc1ccccc1S)(CNCc1ccccc1S)Cc1ccc([N+](=O)[O-])cc1. The van der Waals surface area contributed by atoms with E-state index in [1.54, 1.807) is 12.1 Å². The maximum atomic E-state index is 11.0. The van der Waals surface area contributed by atoms with E-state index < -0.39 is 0 Å². The van der Waals surface area contributed by atoms with Crippen molar-refractivity contribution in [2.75, 3.05) is 13.1 Å². The van der Waals surface area contributed by atoms with Gasteiger partial charge in [-0.05, 0) is 40.7 Å². The van der Waals surface area contributed by atoms with Crippen molar-refractivity contribution in [1.29, 1.82) is 0 Å². The topological polar surface area (TPSA) is 67.2 Å². The van der Waals surface area contributed by atoms with Crippen LogP contribution in [0.4, 0.5) is 5.69 Å². The van der Waals surface area contributed by atoms with Crippen LogP contribution in [0, 0.1) is 15.5 Å². The molecule has 0 spiro atoms. The summed E-state index contributed by atoms with van der Waals surface area (Å²) in [6.45, 7) is 5.25. The van der Waals surface area contributed by atoms with Gasteiger partial charge in [0.1, 0.15) is 0 Å². The van der Waals surface area contributed by atoms with Crippen molar-refractivity contribution in [3.05, 3.63) is 99.6 Å². The number of nitro groups is 1. The number of benzene rings is 3. The molecule has 5 nitrogen and oxygen atoms in total. The molecular formula is C25H29N3O2S2. The van der Waals surface area contributed by atoms with Crippen LogP contribution in [0.25, 0.3) is 0 Å². The van der Waals surface area contributed by atoms with Crippen LogP contribution < -0.4 is 10.6 Å². The van der Waals surface area contributed by atoms with Crippen molar-refractivity contribution >= 4 is 30.9 Å². The third-order valence-electron chi connectivity index (χ3n) is 5.50. The zero-order valence-corrected chi connectivity index (χ0v) is 19.9. The molecule has 0 bridgehead atoms. The van der Waals surface area contributed by atoms with Gasteiger partial charge in [0.05, 0.1) is 4.92 Å². The molecule has 0 aromatic heterocycles. The van der Waals surface area contributed by atoms with Crippen LogP contribution in [0.2, 0.25) is 0 Å². The summed E-state index contributed by atoms with van der Waals surface area (Å²) < 4.78 is 0. The van der Waals surface area contributed by atoms with Crippen LogP contribution in [0.1, 0.15) is 23.6 Å². The van der Waals surface area contributed by atoms with Crippen LogP contribution in [0.15, 0.2) is 82.6 Å². The predicted octanol–water partition coefficient (Wildman–Crippen LogP) is 5.30. The number of nitrogens with one attached hydrogen (secondary N) is 2. The monoisotopic (exact) mass is 467 g/mol. The summed E-state index contributed by atoms with van der Waals surface area (Å²) >= 11 is 9.08. The Morgan fingerprint density at radius 3 is 1.72 bits per heavy atom. The molecule has 3 rings (SSSR count). The van der Waals surface area contributed by atoms with Crippen molar-refractivity contribution in [2.24, 2.45) is 5.41 Å². The Hall–Kier alpha value is -2.32. The van der Waals surface area contributed by atoms with Gasteiger partial charge >= 0.3 is 0 Å². The lowest BCUT2D eigenvalue weighted by Crippen LogP contribution is -2.41. The summed E-state index contributed by atoms with van der Waals surface area (Å²) in [6.07, 6.45) is 0.788. The van der Waals surface area contributed by atoms with E-state index in [-0.39, 0.29) is 16.0 Å². The molecule has 0 heterocycles. The van der Waals surface area contributed by atoms with Crippen molar-refractivity contribution in [3.8, 4) is 0 Å². The quantitative estimate of drug-likeness (QED) is 0.175. The highest BCUT2D eigenvalue weighted by atomic mass is 32.1. The highest BCUT2D eigenvalue weighted by molar-refractivity contribution is 7.80. The van der Waals surface area contributed by atoms with Gasteiger partial charge in [-0.15, -0.1) is 25.3 Å². The minimum absolute atomic E-state index is 0.104. The van der Waals surface area contributed by atoms with Crippen molar-refractivity contribution in [3.63, 3.8) is 0 Å². The first-order valence-corrected chi connectivity index (χ1v) is 11.4. The van der Waals surface area contributed by atoms with Crippen molar-refractivity contribution < 1.29 is 4.92 Å². The fourth-order valence-electron chi connectivity index (χ4n) is 3.73. The second-order valence-corrected chi connectivity index (χ2v) is 9.34. The second kappa shape index (κ2) is 11.5. The average Bonchev–Trinajstić information content (AvgIpc) is 2.77. The van der Waals surface area contributed by atoms with E-state index in [0.717, 1.165) is 59.1 Å². The maximum absolute atomic E-state index is 11.0. The van der Waals surface area contributed by atoms with E-state index in [4.69, 9.17) is 0 Å². The fraction of sp³-hybridized carbons (Fsp3) is 0.280. The minimum Gasteiger partial charge on any atom is -0.312 e. The van der Waals surface area contributed by atoms with Gasteiger partial charge in [0.2, 0.25) is 0 Å². The third kappa shape index (κ3) is 7.10. The summed E-state index contributed by atoms with van der Waals surface area (Å²) in [5.41, 5.74) is 3.40. The molecule has 3 aromatic carbocycles. The molecule has 0 aliphatic rings. The third-order valence-corrected chi connectivity index (χ3v) is 6.37. The smallest absolute Gasteiger partial charge is 0.269 e. The zero-order valence-electron chi connectivity index (χ0n) is 18.1. The predicted molar refractivity (Wildman–Crippen MR) is 136 cm³/mol. The molecule has 7 heteroatoms. The van der Waals surface area contributed by atoms with Gasteiger partial charge < -0.3 is 10.6 Å². The number of hydrogen-bond acceptors (Lipinski definition) is 6. The standard InChI is InChI=1S/C25H29N3O2S2/c1-25(14-19-10-12-22(13-11-19)28(29)30,17-26-15-20-6-2-4-8-23(20)31)18-27-16-21-7-3-5-9-24(21)32/h2-13,26-27,31-32H,14-18H2,1H3. The normalized spacial score (nSPS) is 11.5. The van der Waals surface area contributed by atoms with Crippen LogP contribution in [0.5, 0.6) is 0 Å². The Balaban J connectivity index is 1.67. The van der Waals surface area contributed by atoms with Crippen LogP contribution in [0.3, 0.4) is 0 Å². The summed E-state index contributed by atoms with van der Waals surface area (Å²) in [5.74, 6) is 0. The van der Waals surface area contributed by atoms with Crippen molar-refractivity contribution in [2.45, 2.75) is 36.2 Å². The highest BCUT2D eigenvalue weighted by Gasteiger charge is 2.25. The highest BCUT2D eigenvalue weighted by Crippen LogP contribution is 2.24. The van der Waals surface area contributed by atoms with E-state index in [2.05, 4.69) is 54.9 Å². The summed E-state index contributed by atoms with van der Waals surface area (Å²) in [6, 6.07) is 23.0. The Labute approximate surface area is 200 Å². The molecule has 32 heavy (non-hydrogen) atoms. The van der Waals surface area contributed by atoms with Gasteiger partial charge in [0.15, 0.2) is 0 Å². The largest absolute Gasteiger partial charge is 0.312 e. The summed E-state index contributed by atoms with van der Waals surface area (Å²) in [5, 5.41) is 18.1. The zero-order chi connectivity index (χ0) is 23.0. The molecule has 168 valence electrons. The molecule has 0 saturated heterocycles. The lowest BCUT2D eigenvalue weighted by Gasteiger charge is -2.31. The molecule has 0 unspecified atom stereocenters. The van der Waals surface area contributed by atoms with E-state index in [1.165, 1.54) is 0 Å². The number of nitrogens with zero attached hydrogens (tertiary/aromatic N) is 1. The van der Waals surface area contributed by atoms with Gasteiger partial charge in [0, 0.05) is 48.1 Å². The Kier molecular flexibility index (Phi) is 8.75. The molecule has 0 fully saturated rings. The van der Waals surface area contributed by atoms with E-state index >= 15 is 0 Å². The van der Waals surface area contributed by atoms with Gasteiger partial charge in [-0.1, -0.05) is 55.5 Å². The van der Waals surface area contributed by atoms with Gasteiger partial charge in [0.25, 0.3) is 5.69 Å². The van der Waals surface area contributed by atoms with Crippen molar-refractivity contribution in [1.82, 2.24) is 10.6 Å². The van der Waals surface area contributed by atoms with E-state index in [9.17, 15) is 10.1 Å². The van der Waals surface area contributed by atoms with Crippen LogP contribution in [-0.2, 0) is 19.5 Å². The molecule has 0 aliphatic heterocycles. The van der Waals surface area contributed by atoms with Gasteiger partial charge in [-0.3, -0.25) is 10.1 Å². The first kappa shape index (κ1) is 24.3. The number of nitro benzene ring substituents is 1. The first-order valence-electron chi connectivity index (χ1n) is 10.5. The number of thiol groups is 2. The Morgan fingerprint density at radius 1 is 0.812 bits per heavy atom. The molecule has 0 amide bonds. The number of non-ortho nitro benzene ring substituents is 1. The Morgan fingerprint density at radius 2 is 1.28 bits per heavy atom. The molecule has 0 atom stereocenters. The maximum Gasteiger partial charge on any atom is 0.269 e. The fourth-order valence-corrected chi connectivity index (χ4v) is 4.21. The molecule has 2 N–H and O–H groups in total. The van der Waals surface area contributed by atoms with Gasteiger partial charge in [-0.2, -0.15) is 0 Å². The molecule has 0 aliphatic carbocycles. The van der Waals surface area contributed by atoms with Crippen LogP contribution >= 0.6 is 25.3 Å². The lowest BCUT2D eigenvalue weighted by molar-refractivity contribution is -0.384. The minimum atomic E-state index is -0.365. The molecule has 0 saturated carbocycles. The summed E-state index contributed by atoms with van der Waals surface area (Å²) in [4.78, 5) is 12.6. The molecule has 3 aromatic rings. The lowest BCUT2D eigenvalue weighted by atomic mass is 9.83. The molecule has 0 radical (unpaired) electrons. The Bertz CT molecular complexity index is 990. The average molecular weight is 468 g/mol. The van der Waals surface area contributed by atoms with E-state index in [1.807, 2.05) is 48.5 Å². The molecular weight excluding hydrogens is 438 g/mol.